The molecule has 4 heavy (non-hydrogen) atoms. The first-order valence-electron chi connectivity index (χ1n) is 1.27. The molecule has 1 heterocycles. The van der Waals surface area contributed by atoms with E-state index < -0.39 is 0 Å². The molecule has 0 aromatic rings. The van der Waals surface area contributed by atoms with Gasteiger partial charge in [-0.1, -0.05) is 0 Å². The second-order valence-corrected chi connectivity index (χ2v) is 0.705. The van der Waals surface area contributed by atoms with Gasteiger partial charge in [-0.2, -0.15) is 0 Å². The zero-order valence-electron chi connectivity index (χ0n) is 2.27. The van der Waals surface area contributed by atoms with E-state index in [0.717, 1.165) is 6.61 Å². The minimum absolute atomic E-state index is 0.819. The van der Waals surface area contributed by atoms with Gasteiger partial charge in [-0.25, -0.2) is 0 Å². The van der Waals surface area contributed by atoms with Crippen LogP contribution in [0, 0.1) is 0 Å². The summed E-state index contributed by atoms with van der Waals surface area (Å²) in [6.45, 7) is 0.819. The average molecular weight is 53.9 g/mol. The molecule has 0 amide bonds. The SMILES string of the molecule is B1=CCO1. The molecule has 1 nitrogen and oxygen atoms in total. The van der Waals surface area contributed by atoms with Crippen molar-refractivity contribution >= 4 is 13.1 Å². The van der Waals surface area contributed by atoms with Gasteiger partial charge in [-0.05, 0) is 0 Å². The molecular formula is C2H3BO. The number of hydrogen-bond donors (Lipinski definition) is 0. The van der Waals surface area contributed by atoms with Crippen LogP contribution in [0.4, 0.5) is 0 Å². The van der Waals surface area contributed by atoms with Crippen LogP contribution in [-0.2, 0) is 4.65 Å². The molecule has 1 aliphatic rings. The van der Waals surface area contributed by atoms with Crippen LogP contribution in [0.3, 0.4) is 0 Å². The molecule has 20 valence electrons. The molecule has 1 aliphatic heterocycles. The quantitative estimate of drug-likeness (QED) is 0.337. The van der Waals surface area contributed by atoms with Crippen molar-refractivity contribution < 1.29 is 4.65 Å². The molecule has 0 aromatic carbocycles. The van der Waals surface area contributed by atoms with Crippen LogP contribution >= 0.6 is 0 Å². The maximum absolute atomic E-state index is 4.54. The molecule has 2 heteroatoms. The van der Waals surface area contributed by atoms with E-state index in [4.69, 9.17) is 0 Å². The molecule has 0 radical (unpaired) electrons. The van der Waals surface area contributed by atoms with Crippen molar-refractivity contribution in [2.45, 2.75) is 0 Å². The summed E-state index contributed by atoms with van der Waals surface area (Å²) in [6, 6.07) is 0. The summed E-state index contributed by atoms with van der Waals surface area (Å²) in [7, 11) is 1.68. The van der Waals surface area contributed by atoms with Crippen molar-refractivity contribution in [3.8, 4) is 0 Å². The Morgan fingerprint density at radius 2 is 2.25 bits per heavy atom. The van der Waals surface area contributed by atoms with E-state index in [0.29, 0.717) is 0 Å². The van der Waals surface area contributed by atoms with Gasteiger partial charge in [0.15, 0.2) is 0 Å². The van der Waals surface area contributed by atoms with E-state index in [-0.39, 0.29) is 0 Å². The predicted octanol–water partition coefficient (Wildman–Crippen LogP) is -0.562. The normalized spacial score (nSPS) is 16.0. The van der Waals surface area contributed by atoms with E-state index in [2.05, 4.69) is 4.65 Å². The van der Waals surface area contributed by atoms with Crippen molar-refractivity contribution in [3.63, 3.8) is 0 Å². The van der Waals surface area contributed by atoms with Gasteiger partial charge in [0, 0.05) is 0 Å². The van der Waals surface area contributed by atoms with Gasteiger partial charge in [0.2, 0.25) is 0 Å². The Morgan fingerprint density at radius 1 is 2.00 bits per heavy atom. The summed E-state index contributed by atoms with van der Waals surface area (Å²) < 4.78 is 4.54. The number of hydrogen-bond acceptors (Lipinski definition) is 1. The van der Waals surface area contributed by atoms with E-state index >= 15 is 0 Å². The van der Waals surface area contributed by atoms with E-state index in [1.165, 1.54) is 0 Å². The molecule has 0 fully saturated rings. The molecule has 1 rings (SSSR count). The third-order valence-corrected chi connectivity index (χ3v) is 0.385. The summed E-state index contributed by atoms with van der Waals surface area (Å²) in [6.07, 6.45) is 0. The third-order valence-electron chi connectivity index (χ3n) is 0.385. The van der Waals surface area contributed by atoms with Crippen LogP contribution in [0.15, 0.2) is 0 Å². The van der Waals surface area contributed by atoms with Crippen LogP contribution in [-0.4, -0.2) is 19.7 Å². The van der Waals surface area contributed by atoms with Crippen LogP contribution in [0.5, 0.6) is 0 Å². The first kappa shape index (κ1) is 2.00. The van der Waals surface area contributed by atoms with Gasteiger partial charge in [0.1, 0.15) is 0 Å². The first-order chi connectivity index (χ1) is 2.00. The van der Waals surface area contributed by atoms with E-state index in [1.807, 2.05) is 5.97 Å². The summed E-state index contributed by atoms with van der Waals surface area (Å²) in [4.78, 5) is 0. The summed E-state index contributed by atoms with van der Waals surface area (Å²) >= 11 is 0. The Labute approximate surface area is 25.5 Å². The van der Waals surface area contributed by atoms with E-state index in [9.17, 15) is 0 Å². The Hall–Kier alpha value is -0.265. The second kappa shape index (κ2) is 0.590. The van der Waals surface area contributed by atoms with Gasteiger partial charge >= 0.3 is 24.4 Å². The molecule has 0 atom stereocenters. The molecule has 0 aromatic heterocycles. The fraction of sp³-hybridized carbons (Fsp3) is 0.500. The van der Waals surface area contributed by atoms with Crippen LogP contribution in [0.1, 0.15) is 0 Å². The summed E-state index contributed by atoms with van der Waals surface area (Å²) in [5, 5.41) is 0. The van der Waals surface area contributed by atoms with Gasteiger partial charge in [0.25, 0.3) is 0 Å². The monoisotopic (exact) mass is 54.0 g/mol. The molecule has 0 saturated heterocycles. The molecule has 0 bridgehead atoms. The predicted molar refractivity (Wildman–Crippen MR) is 17.8 cm³/mol. The topological polar surface area (TPSA) is 9.23 Å². The molecule has 0 unspecified atom stereocenters. The standard InChI is InChI=1S/C2H3BO/c1-2-4-3-1/h1H,2H2. The van der Waals surface area contributed by atoms with Gasteiger partial charge in [-0.3, -0.25) is 0 Å². The molecule has 0 spiro atoms. The summed E-state index contributed by atoms with van der Waals surface area (Å²) in [5.41, 5.74) is 0. The van der Waals surface area contributed by atoms with Crippen LogP contribution in [0.2, 0.25) is 0 Å². The van der Waals surface area contributed by atoms with Crippen molar-refractivity contribution in [2.24, 2.45) is 0 Å². The Bertz CT molecular complexity index is 35.3. The molecule has 0 aliphatic carbocycles. The fourth-order valence-electron chi connectivity index (χ4n) is 0.0962. The van der Waals surface area contributed by atoms with Crippen molar-refractivity contribution in [1.29, 1.82) is 0 Å². The molecule has 0 saturated carbocycles. The third kappa shape index (κ3) is 0.0672. The average Bonchev–Trinajstić information content (AvgIpc) is 0.722. The Kier molecular flexibility index (Phi) is 0.295. The van der Waals surface area contributed by atoms with E-state index in [1.54, 1.807) is 7.12 Å². The zero-order chi connectivity index (χ0) is 2.83. The van der Waals surface area contributed by atoms with Gasteiger partial charge in [0.05, 0.1) is 0 Å². The van der Waals surface area contributed by atoms with Gasteiger partial charge < -0.3 is 0 Å². The molecular weight excluding hydrogens is 50.8 g/mol. The zero-order valence-corrected chi connectivity index (χ0v) is 2.27. The second-order valence-electron chi connectivity index (χ2n) is 0.705. The van der Waals surface area contributed by atoms with Crippen molar-refractivity contribution in [1.82, 2.24) is 0 Å². The minimum atomic E-state index is 0.819. The van der Waals surface area contributed by atoms with Crippen LogP contribution < -0.4 is 0 Å². The maximum atomic E-state index is 4.54. The summed E-state index contributed by atoms with van der Waals surface area (Å²) in [5.74, 6) is 1.96. The van der Waals surface area contributed by atoms with Crippen molar-refractivity contribution in [2.75, 3.05) is 6.61 Å². The fourth-order valence-corrected chi connectivity index (χ4v) is 0.0962. The van der Waals surface area contributed by atoms with Crippen LogP contribution in [0.25, 0.3) is 0 Å². The number of rotatable bonds is 0. The van der Waals surface area contributed by atoms with Gasteiger partial charge in [-0.15, -0.1) is 0 Å². The first-order valence-corrected chi connectivity index (χ1v) is 1.27. The van der Waals surface area contributed by atoms with Crippen molar-refractivity contribution in [3.05, 3.63) is 0 Å². The molecule has 0 N–H and O–H groups in total. The Balaban J connectivity index is 2.47. The Morgan fingerprint density at radius 3 is 2.25 bits per heavy atom.